The smallest absolute Gasteiger partial charge is 0.241 e. The van der Waals surface area contributed by atoms with Crippen LogP contribution in [-0.4, -0.2) is 35.0 Å². The molecule has 0 radical (unpaired) electrons. The van der Waals surface area contributed by atoms with Crippen molar-refractivity contribution in [1.82, 2.24) is 14.8 Å². The van der Waals surface area contributed by atoms with Gasteiger partial charge in [0.25, 0.3) is 0 Å². The number of hydrogen-bond acceptors (Lipinski definition) is 4. The van der Waals surface area contributed by atoms with Crippen LogP contribution in [0.25, 0.3) is 10.9 Å². The van der Waals surface area contributed by atoms with Gasteiger partial charge < -0.3 is 14.1 Å². The molecule has 2 aromatic rings. The van der Waals surface area contributed by atoms with Crippen LogP contribution in [0.2, 0.25) is 0 Å². The second kappa shape index (κ2) is 8.83. The highest BCUT2D eigenvalue weighted by Crippen LogP contribution is 2.36. The number of pyridine rings is 1. The lowest BCUT2D eigenvalue weighted by Crippen LogP contribution is -2.32. The van der Waals surface area contributed by atoms with E-state index in [9.17, 15) is 0 Å². The second-order valence-corrected chi connectivity index (χ2v) is 8.91. The van der Waals surface area contributed by atoms with E-state index in [0.29, 0.717) is 23.9 Å². The quantitative estimate of drug-likeness (QED) is 0.547. The fraction of sp³-hybridized carbons (Fsp3) is 0.542. The molecular weight excluding hydrogens is 382 g/mol. The Balaban J connectivity index is 2.13. The molecule has 0 aliphatic carbocycles. The molecule has 3 rings (SSSR count). The SMILES string of the molecule is CCCc1c(CC(C)C)c(OCl)nc2ccc(C(C)C3=CN(C)C(C)N3C)cc12. The van der Waals surface area contributed by atoms with Gasteiger partial charge in [0.2, 0.25) is 5.88 Å². The lowest BCUT2D eigenvalue weighted by Gasteiger charge is -2.28. The van der Waals surface area contributed by atoms with E-state index < -0.39 is 0 Å². The highest BCUT2D eigenvalue weighted by molar-refractivity contribution is 6.09. The predicted molar refractivity (Wildman–Crippen MR) is 122 cm³/mol. The number of hydrogen-bond donors (Lipinski definition) is 0. The summed E-state index contributed by atoms with van der Waals surface area (Å²) in [4.78, 5) is 9.36. The highest BCUT2D eigenvalue weighted by atomic mass is 35.5. The molecule has 0 saturated heterocycles. The Labute approximate surface area is 180 Å². The summed E-state index contributed by atoms with van der Waals surface area (Å²) in [6.45, 7) is 11.2. The number of likely N-dealkylation sites (N-methyl/N-ethyl adjacent to an activating group) is 1. The number of fused-ring (bicyclic) bond motifs is 1. The van der Waals surface area contributed by atoms with Gasteiger partial charge in [0.05, 0.1) is 11.7 Å². The minimum absolute atomic E-state index is 0.309. The minimum atomic E-state index is 0.309. The van der Waals surface area contributed by atoms with Crippen molar-refractivity contribution in [2.45, 2.75) is 66.0 Å². The molecule has 0 spiro atoms. The van der Waals surface area contributed by atoms with Crippen LogP contribution in [0.15, 0.2) is 30.1 Å². The zero-order valence-corrected chi connectivity index (χ0v) is 19.5. The highest BCUT2D eigenvalue weighted by Gasteiger charge is 2.27. The monoisotopic (exact) mass is 415 g/mol. The van der Waals surface area contributed by atoms with Gasteiger partial charge >= 0.3 is 0 Å². The fourth-order valence-electron chi connectivity index (χ4n) is 4.33. The third-order valence-corrected chi connectivity index (χ3v) is 6.36. The van der Waals surface area contributed by atoms with Gasteiger partial charge in [-0.05, 0) is 48.9 Å². The summed E-state index contributed by atoms with van der Waals surface area (Å²) >= 11 is 5.82. The third kappa shape index (κ3) is 4.18. The molecule has 5 heteroatoms. The van der Waals surface area contributed by atoms with Crippen LogP contribution in [0, 0.1) is 5.92 Å². The lowest BCUT2D eigenvalue weighted by molar-refractivity contribution is 0.211. The first-order valence-corrected chi connectivity index (χ1v) is 11.0. The minimum Gasteiger partial charge on any atom is -0.364 e. The molecule has 2 unspecified atom stereocenters. The van der Waals surface area contributed by atoms with Crippen LogP contribution in [0.1, 0.15) is 63.6 Å². The zero-order valence-electron chi connectivity index (χ0n) is 18.8. The molecule has 4 nitrogen and oxygen atoms in total. The van der Waals surface area contributed by atoms with E-state index in [1.807, 2.05) is 0 Å². The molecule has 1 aliphatic rings. The maximum Gasteiger partial charge on any atom is 0.241 e. The standard InChI is InChI=1S/C24H34ClN3O/c1-8-9-19-20-13-18(16(4)23-14-27(6)17(5)28(23)7)10-11-22(20)26-24(29-25)21(19)12-15(2)3/h10-11,13-17H,8-9,12H2,1-7H3. The first kappa shape index (κ1) is 21.8. The molecule has 0 saturated carbocycles. The normalized spacial score (nSPS) is 18.0. The number of aryl methyl sites for hydroxylation is 1. The van der Waals surface area contributed by atoms with Crippen molar-refractivity contribution in [2.24, 2.45) is 5.92 Å². The van der Waals surface area contributed by atoms with E-state index in [4.69, 9.17) is 21.1 Å². The summed E-state index contributed by atoms with van der Waals surface area (Å²) < 4.78 is 5.18. The molecule has 2 atom stereocenters. The predicted octanol–water partition coefficient (Wildman–Crippen LogP) is 6.09. The zero-order chi connectivity index (χ0) is 21.3. The number of halogens is 1. The van der Waals surface area contributed by atoms with E-state index in [2.05, 4.69) is 82.9 Å². The number of allylic oxidation sites excluding steroid dienone is 1. The van der Waals surface area contributed by atoms with E-state index in [-0.39, 0.29) is 0 Å². The van der Waals surface area contributed by atoms with Gasteiger partial charge in [-0.25, -0.2) is 4.98 Å². The van der Waals surface area contributed by atoms with Crippen LogP contribution in [0.4, 0.5) is 0 Å². The van der Waals surface area contributed by atoms with E-state index in [0.717, 1.165) is 30.3 Å². The van der Waals surface area contributed by atoms with Gasteiger partial charge in [0.1, 0.15) is 11.9 Å². The number of benzene rings is 1. The Kier molecular flexibility index (Phi) is 6.62. The molecule has 29 heavy (non-hydrogen) atoms. The summed E-state index contributed by atoms with van der Waals surface area (Å²) in [5, 5.41) is 1.23. The molecule has 1 aromatic carbocycles. The van der Waals surface area contributed by atoms with Crippen LogP contribution in [-0.2, 0) is 12.8 Å². The van der Waals surface area contributed by atoms with Gasteiger partial charge in [-0.15, -0.1) is 0 Å². The van der Waals surface area contributed by atoms with Gasteiger partial charge in [0, 0.05) is 42.9 Å². The van der Waals surface area contributed by atoms with Crippen molar-refractivity contribution in [3.8, 4) is 5.88 Å². The maximum atomic E-state index is 5.82. The van der Waals surface area contributed by atoms with Crippen molar-refractivity contribution in [2.75, 3.05) is 14.1 Å². The molecule has 1 aliphatic heterocycles. The lowest BCUT2D eigenvalue weighted by atomic mass is 9.90. The largest absolute Gasteiger partial charge is 0.364 e. The number of nitrogens with zero attached hydrogens (tertiary/aromatic N) is 3. The van der Waals surface area contributed by atoms with Gasteiger partial charge in [-0.3, -0.25) is 0 Å². The van der Waals surface area contributed by atoms with Gasteiger partial charge in [-0.1, -0.05) is 40.2 Å². The third-order valence-electron chi connectivity index (χ3n) is 6.21. The van der Waals surface area contributed by atoms with Crippen LogP contribution in [0.5, 0.6) is 5.88 Å². The van der Waals surface area contributed by atoms with Crippen molar-refractivity contribution < 1.29 is 4.29 Å². The first-order valence-electron chi connectivity index (χ1n) is 10.7. The number of rotatable bonds is 7. The molecule has 0 amide bonds. The molecule has 1 aromatic heterocycles. The second-order valence-electron chi connectivity index (χ2n) is 8.76. The van der Waals surface area contributed by atoms with Crippen LogP contribution < -0.4 is 4.29 Å². The van der Waals surface area contributed by atoms with Gasteiger partial charge in [0.15, 0.2) is 0 Å². The van der Waals surface area contributed by atoms with E-state index in [1.54, 1.807) is 0 Å². The summed E-state index contributed by atoms with van der Waals surface area (Å²) in [6, 6.07) is 6.63. The van der Waals surface area contributed by atoms with Crippen molar-refractivity contribution in [3.05, 3.63) is 46.8 Å². The molecule has 2 heterocycles. The molecule has 0 bridgehead atoms. The van der Waals surface area contributed by atoms with Crippen molar-refractivity contribution >= 4 is 22.8 Å². The molecule has 158 valence electrons. The molecular formula is C24H34ClN3O. The summed E-state index contributed by atoms with van der Waals surface area (Å²) in [5.74, 6) is 1.38. The summed E-state index contributed by atoms with van der Waals surface area (Å²) in [6.07, 6.45) is 5.62. The summed E-state index contributed by atoms with van der Waals surface area (Å²) in [7, 11) is 4.31. The average molecular weight is 416 g/mol. The Morgan fingerprint density at radius 1 is 1.17 bits per heavy atom. The Bertz CT molecular complexity index is 909. The van der Waals surface area contributed by atoms with E-state index >= 15 is 0 Å². The Morgan fingerprint density at radius 3 is 2.45 bits per heavy atom. The Hall–Kier alpha value is -1.94. The van der Waals surface area contributed by atoms with Crippen molar-refractivity contribution in [1.29, 1.82) is 0 Å². The number of aromatic nitrogens is 1. The Morgan fingerprint density at radius 2 is 1.90 bits per heavy atom. The first-order chi connectivity index (χ1) is 13.8. The molecule has 0 N–H and O–H groups in total. The maximum absolute atomic E-state index is 5.82. The average Bonchev–Trinajstić information content (AvgIpc) is 2.95. The fourth-order valence-corrected chi connectivity index (χ4v) is 4.46. The van der Waals surface area contributed by atoms with Crippen LogP contribution >= 0.6 is 11.9 Å². The van der Waals surface area contributed by atoms with Crippen LogP contribution in [0.3, 0.4) is 0 Å². The van der Waals surface area contributed by atoms with E-state index in [1.165, 1.54) is 22.2 Å². The van der Waals surface area contributed by atoms with Crippen molar-refractivity contribution in [3.63, 3.8) is 0 Å². The summed E-state index contributed by atoms with van der Waals surface area (Å²) in [5.41, 5.74) is 6.08. The molecule has 0 fully saturated rings. The topological polar surface area (TPSA) is 28.6 Å². The van der Waals surface area contributed by atoms with Gasteiger partial charge in [-0.2, -0.15) is 0 Å².